The number of amides is 1. The van der Waals surface area contributed by atoms with E-state index < -0.39 is 17.8 Å². The van der Waals surface area contributed by atoms with Gasteiger partial charge in [0.05, 0.1) is 39.9 Å². The monoisotopic (exact) mass is 460 g/mol. The molecule has 0 fully saturated rings. The number of hydrogen-bond donors (Lipinski definition) is 1. The first-order valence-corrected chi connectivity index (χ1v) is 10.4. The quantitative estimate of drug-likeness (QED) is 0.573. The fourth-order valence-corrected chi connectivity index (χ4v) is 3.93. The molecule has 0 aliphatic carbocycles. The Hall–Kier alpha value is -2.90. The summed E-state index contributed by atoms with van der Waals surface area (Å²) in [6, 6.07) is 11.9. The van der Waals surface area contributed by atoms with Crippen molar-refractivity contribution in [2.75, 3.05) is 5.32 Å². The molecule has 1 amide bonds. The van der Waals surface area contributed by atoms with E-state index in [1.54, 1.807) is 10.7 Å². The summed E-state index contributed by atoms with van der Waals surface area (Å²) in [4.78, 5) is 18.1. The molecule has 2 aromatic carbocycles. The molecule has 160 valence electrons. The van der Waals surface area contributed by atoms with Crippen LogP contribution < -0.4 is 5.32 Å². The maximum atomic E-state index is 14.2. The predicted octanol–water partition coefficient (Wildman–Crippen LogP) is 5.13. The molecule has 4 rings (SSSR count). The van der Waals surface area contributed by atoms with Gasteiger partial charge in [-0.1, -0.05) is 52.6 Å². The predicted molar refractivity (Wildman–Crippen MR) is 118 cm³/mol. The number of aromatic nitrogens is 2. The lowest BCUT2D eigenvalue weighted by Gasteiger charge is -2.11. The minimum Gasteiger partial charge on any atom is -0.382 e. The molecule has 31 heavy (non-hydrogen) atoms. The van der Waals surface area contributed by atoms with Crippen molar-refractivity contribution in [3.8, 4) is 0 Å². The molecule has 9 heteroatoms. The third kappa shape index (κ3) is 4.29. The minimum absolute atomic E-state index is 0.109. The zero-order valence-corrected chi connectivity index (χ0v) is 18.3. The van der Waals surface area contributed by atoms with Crippen LogP contribution in [-0.2, 0) is 16.2 Å². The summed E-state index contributed by atoms with van der Waals surface area (Å²) in [6.45, 7) is 4.15. The summed E-state index contributed by atoms with van der Waals surface area (Å²) >= 11 is 12.3. The van der Waals surface area contributed by atoms with E-state index >= 15 is 0 Å². The van der Waals surface area contributed by atoms with E-state index in [-0.39, 0.29) is 17.0 Å². The number of nitrogens with zero attached hydrogens (tertiary/aromatic N) is 3. The number of carbonyl (C=O) groups is 1. The van der Waals surface area contributed by atoms with Crippen LogP contribution in [0.4, 0.5) is 10.1 Å². The van der Waals surface area contributed by atoms with Gasteiger partial charge in [0.2, 0.25) is 6.10 Å². The van der Waals surface area contributed by atoms with Crippen LogP contribution in [0.25, 0.3) is 0 Å². The first kappa shape index (κ1) is 21.3. The molecule has 0 saturated carbocycles. The molecule has 1 aromatic heterocycles. The van der Waals surface area contributed by atoms with Gasteiger partial charge in [-0.15, -0.1) is 0 Å². The summed E-state index contributed by atoms with van der Waals surface area (Å²) < 4.78 is 15.9. The van der Waals surface area contributed by atoms with E-state index in [1.807, 2.05) is 38.1 Å². The maximum absolute atomic E-state index is 14.2. The van der Waals surface area contributed by atoms with Gasteiger partial charge in [0.25, 0.3) is 5.91 Å². The summed E-state index contributed by atoms with van der Waals surface area (Å²) in [6.07, 6.45) is -0.783. The van der Waals surface area contributed by atoms with Gasteiger partial charge in [-0.25, -0.2) is 4.39 Å². The van der Waals surface area contributed by atoms with Crippen LogP contribution in [0.5, 0.6) is 0 Å². The fraction of sp³-hybridized carbons (Fsp3) is 0.227. The van der Waals surface area contributed by atoms with Gasteiger partial charge in [0.1, 0.15) is 5.82 Å². The van der Waals surface area contributed by atoms with Crippen molar-refractivity contribution in [2.24, 2.45) is 5.16 Å². The van der Waals surface area contributed by atoms with Crippen molar-refractivity contribution < 1.29 is 14.0 Å². The number of hydrogen-bond acceptors (Lipinski definition) is 4. The van der Waals surface area contributed by atoms with E-state index in [4.69, 9.17) is 28.0 Å². The molecular formula is C22H19Cl2FN4O2. The smallest absolute Gasteiger partial charge is 0.268 e. The van der Waals surface area contributed by atoms with Crippen LogP contribution >= 0.6 is 23.2 Å². The highest BCUT2D eigenvalue weighted by molar-refractivity contribution is 6.34. The van der Waals surface area contributed by atoms with E-state index in [9.17, 15) is 9.18 Å². The van der Waals surface area contributed by atoms with Crippen LogP contribution in [0, 0.1) is 19.7 Å². The zero-order chi connectivity index (χ0) is 22.1. The summed E-state index contributed by atoms with van der Waals surface area (Å²) in [5, 5.41) is 12.1. The summed E-state index contributed by atoms with van der Waals surface area (Å²) in [7, 11) is 0. The second-order valence-electron chi connectivity index (χ2n) is 7.22. The lowest BCUT2D eigenvalue weighted by atomic mass is 10.0. The van der Waals surface area contributed by atoms with E-state index in [0.717, 1.165) is 11.3 Å². The van der Waals surface area contributed by atoms with Crippen LogP contribution in [0.3, 0.4) is 0 Å². The molecule has 0 spiro atoms. The second-order valence-corrected chi connectivity index (χ2v) is 8.03. The van der Waals surface area contributed by atoms with Crippen LogP contribution in [0.1, 0.15) is 28.9 Å². The fourth-order valence-electron chi connectivity index (χ4n) is 3.46. The number of aryl methyl sites for hydroxylation is 1. The second kappa shape index (κ2) is 8.69. The van der Waals surface area contributed by atoms with E-state index in [0.29, 0.717) is 28.7 Å². The highest BCUT2D eigenvalue weighted by Crippen LogP contribution is 2.27. The Kier molecular flexibility index (Phi) is 5.98. The molecule has 0 bridgehead atoms. The first-order valence-electron chi connectivity index (χ1n) is 9.60. The number of halogens is 3. The van der Waals surface area contributed by atoms with Crippen molar-refractivity contribution in [1.29, 1.82) is 0 Å². The lowest BCUT2D eigenvalue weighted by molar-refractivity contribution is -0.125. The van der Waals surface area contributed by atoms with Crippen LogP contribution in [0.2, 0.25) is 10.0 Å². The van der Waals surface area contributed by atoms with Crippen LogP contribution in [0.15, 0.2) is 47.6 Å². The lowest BCUT2D eigenvalue weighted by Crippen LogP contribution is -2.28. The van der Waals surface area contributed by atoms with Gasteiger partial charge in [0, 0.05) is 11.4 Å². The number of anilines is 1. The average Bonchev–Trinajstić information content (AvgIpc) is 3.31. The Morgan fingerprint density at radius 3 is 2.68 bits per heavy atom. The Labute approximate surface area is 188 Å². The highest BCUT2D eigenvalue weighted by atomic mass is 35.5. The van der Waals surface area contributed by atoms with Gasteiger partial charge in [-0.3, -0.25) is 9.48 Å². The van der Waals surface area contributed by atoms with Crippen LogP contribution in [-0.4, -0.2) is 27.5 Å². The number of rotatable bonds is 5. The SMILES string of the molecule is Cc1nn(Cc2ccccc2Cl)c(C)c1NC(=O)C1CC(c2c(F)cccc2Cl)=NO1. The third-order valence-electron chi connectivity index (χ3n) is 5.12. The first-order chi connectivity index (χ1) is 14.8. The molecule has 3 aromatic rings. The zero-order valence-electron chi connectivity index (χ0n) is 16.8. The van der Waals surface area contributed by atoms with Gasteiger partial charge in [-0.2, -0.15) is 5.10 Å². The topological polar surface area (TPSA) is 68.5 Å². The Morgan fingerprint density at radius 1 is 1.19 bits per heavy atom. The number of carbonyl (C=O) groups excluding carboxylic acids is 1. The highest BCUT2D eigenvalue weighted by Gasteiger charge is 2.32. The van der Waals surface area contributed by atoms with Crippen molar-refractivity contribution in [3.05, 3.63) is 80.8 Å². The number of oxime groups is 1. The van der Waals surface area contributed by atoms with E-state index in [2.05, 4.69) is 15.6 Å². The largest absolute Gasteiger partial charge is 0.382 e. The molecule has 1 aliphatic heterocycles. The minimum atomic E-state index is -0.892. The normalized spacial score (nSPS) is 15.5. The van der Waals surface area contributed by atoms with Crippen molar-refractivity contribution in [2.45, 2.75) is 32.9 Å². The van der Waals surface area contributed by atoms with E-state index in [1.165, 1.54) is 12.1 Å². The third-order valence-corrected chi connectivity index (χ3v) is 5.80. The molecule has 6 nitrogen and oxygen atoms in total. The molecule has 1 unspecified atom stereocenters. The van der Waals surface area contributed by atoms with Crippen molar-refractivity contribution in [1.82, 2.24) is 9.78 Å². The standard InChI is InChI=1S/C22H19Cl2FN4O2/c1-12-21(13(2)29(27-12)11-14-6-3-4-7-15(14)23)26-22(30)19-10-18(28-31-19)20-16(24)8-5-9-17(20)25/h3-9,19H,10-11H2,1-2H3,(H,26,30). The van der Waals surface area contributed by atoms with Gasteiger partial charge in [-0.05, 0) is 37.6 Å². The summed E-state index contributed by atoms with van der Waals surface area (Å²) in [5.41, 5.74) is 3.41. The molecule has 1 aliphatic rings. The van der Waals surface area contributed by atoms with Gasteiger partial charge in [0.15, 0.2) is 0 Å². The Morgan fingerprint density at radius 2 is 1.94 bits per heavy atom. The molecule has 1 N–H and O–H groups in total. The Balaban J connectivity index is 1.47. The number of benzene rings is 2. The van der Waals surface area contributed by atoms with Crippen molar-refractivity contribution in [3.63, 3.8) is 0 Å². The van der Waals surface area contributed by atoms with Gasteiger partial charge < -0.3 is 10.2 Å². The maximum Gasteiger partial charge on any atom is 0.268 e. The molecule has 0 radical (unpaired) electrons. The Bertz CT molecular complexity index is 1170. The molecule has 0 saturated heterocycles. The number of nitrogens with one attached hydrogen (secondary N) is 1. The molecule has 2 heterocycles. The summed E-state index contributed by atoms with van der Waals surface area (Å²) in [5.74, 6) is -0.904. The average molecular weight is 461 g/mol. The van der Waals surface area contributed by atoms with Gasteiger partial charge >= 0.3 is 0 Å². The van der Waals surface area contributed by atoms with Crippen molar-refractivity contribution >= 4 is 40.5 Å². The molecule has 1 atom stereocenters. The molecular weight excluding hydrogens is 442 g/mol.